The Morgan fingerprint density at radius 2 is 2.00 bits per heavy atom. The standard InChI is InChI=1S/C16H16F3N3O/c17-16(18,19)13-7-9-20-14(22-13)21-10-15(23)8-3-5-11-4-1-2-6-12(11)15/h1-2,4,6-7,9,23H,3,5,8,10H2,(H,20,21,22). The van der Waals surface area contributed by atoms with Crippen molar-refractivity contribution >= 4 is 5.95 Å². The smallest absolute Gasteiger partial charge is 0.383 e. The third kappa shape index (κ3) is 3.29. The summed E-state index contributed by atoms with van der Waals surface area (Å²) in [6, 6.07) is 8.38. The van der Waals surface area contributed by atoms with Crippen LogP contribution in [0.15, 0.2) is 36.5 Å². The van der Waals surface area contributed by atoms with Crippen molar-refractivity contribution in [1.29, 1.82) is 0 Å². The van der Waals surface area contributed by atoms with Gasteiger partial charge in [0.2, 0.25) is 5.95 Å². The molecule has 23 heavy (non-hydrogen) atoms. The predicted molar refractivity (Wildman–Crippen MR) is 78.8 cm³/mol. The van der Waals surface area contributed by atoms with E-state index in [1.165, 1.54) is 0 Å². The van der Waals surface area contributed by atoms with Crippen LogP contribution in [0.4, 0.5) is 19.1 Å². The normalized spacial score (nSPS) is 20.9. The lowest BCUT2D eigenvalue weighted by atomic mass is 9.79. The van der Waals surface area contributed by atoms with Crippen LogP contribution in [0.25, 0.3) is 0 Å². The van der Waals surface area contributed by atoms with Gasteiger partial charge in [-0.3, -0.25) is 0 Å². The molecule has 2 N–H and O–H groups in total. The van der Waals surface area contributed by atoms with Gasteiger partial charge in [-0.15, -0.1) is 0 Å². The van der Waals surface area contributed by atoms with Crippen LogP contribution in [0.1, 0.15) is 29.7 Å². The minimum Gasteiger partial charge on any atom is -0.383 e. The number of anilines is 1. The topological polar surface area (TPSA) is 58.0 Å². The van der Waals surface area contributed by atoms with Crippen molar-refractivity contribution < 1.29 is 18.3 Å². The monoisotopic (exact) mass is 323 g/mol. The second-order valence-electron chi connectivity index (χ2n) is 5.66. The van der Waals surface area contributed by atoms with Crippen molar-refractivity contribution in [3.8, 4) is 0 Å². The van der Waals surface area contributed by atoms with E-state index < -0.39 is 17.5 Å². The first-order valence-electron chi connectivity index (χ1n) is 7.33. The van der Waals surface area contributed by atoms with Gasteiger partial charge in [0.1, 0.15) is 11.3 Å². The number of aromatic nitrogens is 2. The summed E-state index contributed by atoms with van der Waals surface area (Å²) in [4.78, 5) is 7.25. The molecule has 122 valence electrons. The number of benzene rings is 1. The van der Waals surface area contributed by atoms with Crippen molar-refractivity contribution in [2.75, 3.05) is 11.9 Å². The number of alkyl halides is 3. The molecule has 0 fully saturated rings. The maximum atomic E-state index is 12.7. The van der Waals surface area contributed by atoms with Gasteiger partial charge >= 0.3 is 6.18 Å². The first-order chi connectivity index (χ1) is 10.9. The molecule has 1 heterocycles. The Kier molecular flexibility index (Phi) is 3.97. The van der Waals surface area contributed by atoms with E-state index in [1.807, 2.05) is 24.3 Å². The molecule has 0 radical (unpaired) electrons. The molecule has 0 spiro atoms. The van der Waals surface area contributed by atoms with Gasteiger partial charge < -0.3 is 10.4 Å². The summed E-state index contributed by atoms with van der Waals surface area (Å²) < 4.78 is 38.0. The van der Waals surface area contributed by atoms with Crippen LogP contribution in [-0.4, -0.2) is 21.6 Å². The quantitative estimate of drug-likeness (QED) is 0.911. The van der Waals surface area contributed by atoms with E-state index in [1.54, 1.807) is 0 Å². The number of fused-ring (bicyclic) bond motifs is 1. The van der Waals surface area contributed by atoms with E-state index in [2.05, 4.69) is 15.3 Å². The molecule has 1 aliphatic rings. The third-order valence-electron chi connectivity index (χ3n) is 4.04. The summed E-state index contributed by atoms with van der Waals surface area (Å²) in [6.45, 7) is 0.0608. The second kappa shape index (κ2) is 5.81. The number of halogens is 3. The molecule has 1 aromatic carbocycles. The fourth-order valence-electron chi connectivity index (χ4n) is 2.91. The van der Waals surface area contributed by atoms with Gasteiger partial charge in [0, 0.05) is 6.20 Å². The Morgan fingerprint density at radius 3 is 2.78 bits per heavy atom. The Morgan fingerprint density at radius 1 is 1.22 bits per heavy atom. The average Bonchev–Trinajstić information content (AvgIpc) is 2.53. The van der Waals surface area contributed by atoms with E-state index in [0.717, 1.165) is 36.2 Å². The average molecular weight is 323 g/mol. The summed E-state index contributed by atoms with van der Waals surface area (Å²) in [7, 11) is 0. The second-order valence-corrected chi connectivity index (χ2v) is 5.66. The van der Waals surface area contributed by atoms with Crippen molar-refractivity contribution in [2.24, 2.45) is 0 Å². The summed E-state index contributed by atoms with van der Waals surface area (Å²) in [6.07, 6.45) is -1.22. The van der Waals surface area contributed by atoms with Gasteiger partial charge in [-0.2, -0.15) is 13.2 Å². The van der Waals surface area contributed by atoms with Gasteiger partial charge in [0.05, 0.1) is 6.54 Å². The van der Waals surface area contributed by atoms with E-state index in [-0.39, 0.29) is 12.5 Å². The number of nitrogens with one attached hydrogen (secondary N) is 1. The lowest BCUT2D eigenvalue weighted by molar-refractivity contribution is -0.141. The Labute approximate surface area is 131 Å². The molecule has 1 aromatic heterocycles. The van der Waals surface area contributed by atoms with E-state index in [9.17, 15) is 18.3 Å². The highest BCUT2D eigenvalue weighted by atomic mass is 19.4. The van der Waals surface area contributed by atoms with Gasteiger partial charge in [-0.25, -0.2) is 9.97 Å². The van der Waals surface area contributed by atoms with Gasteiger partial charge in [-0.05, 0) is 36.5 Å². The molecule has 0 amide bonds. The maximum absolute atomic E-state index is 12.7. The van der Waals surface area contributed by atoms with Gasteiger partial charge in [0.15, 0.2) is 0 Å². The number of hydrogen-bond acceptors (Lipinski definition) is 4. The zero-order valence-electron chi connectivity index (χ0n) is 12.3. The molecular weight excluding hydrogens is 307 g/mol. The summed E-state index contributed by atoms with van der Waals surface area (Å²) >= 11 is 0. The fraction of sp³-hybridized carbons (Fsp3) is 0.375. The number of hydrogen-bond donors (Lipinski definition) is 2. The molecule has 4 nitrogen and oxygen atoms in total. The van der Waals surface area contributed by atoms with Gasteiger partial charge in [0.25, 0.3) is 0 Å². The number of nitrogens with zero attached hydrogens (tertiary/aromatic N) is 2. The summed E-state index contributed by atoms with van der Waals surface area (Å²) in [5.74, 6) is -0.142. The molecule has 7 heteroatoms. The molecule has 2 aromatic rings. The Hall–Kier alpha value is -2.15. The molecular formula is C16H16F3N3O. The van der Waals surface area contributed by atoms with Crippen LogP contribution in [0.3, 0.4) is 0 Å². The van der Waals surface area contributed by atoms with Gasteiger partial charge in [-0.1, -0.05) is 24.3 Å². The van der Waals surface area contributed by atoms with Crippen LogP contribution in [-0.2, 0) is 18.2 Å². The number of aryl methyl sites for hydroxylation is 1. The van der Waals surface area contributed by atoms with Crippen LogP contribution in [0, 0.1) is 0 Å². The first-order valence-corrected chi connectivity index (χ1v) is 7.33. The molecule has 1 unspecified atom stereocenters. The molecule has 0 saturated carbocycles. The summed E-state index contributed by atoms with van der Waals surface area (Å²) in [5.41, 5.74) is -0.267. The molecule has 0 aliphatic heterocycles. The highest BCUT2D eigenvalue weighted by Gasteiger charge is 2.35. The van der Waals surface area contributed by atoms with Crippen molar-refractivity contribution in [3.63, 3.8) is 0 Å². The van der Waals surface area contributed by atoms with Crippen molar-refractivity contribution in [1.82, 2.24) is 9.97 Å². The minimum absolute atomic E-state index is 0.0608. The highest BCUT2D eigenvalue weighted by molar-refractivity contribution is 5.37. The lowest BCUT2D eigenvalue weighted by Crippen LogP contribution is -2.38. The van der Waals surface area contributed by atoms with Crippen LogP contribution in [0.5, 0.6) is 0 Å². The molecule has 1 atom stereocenters. The lowest BCUT2D eigenvalue weighted by Gasteiger charge is -2.34. The zero-order valence-corrected chi connectivity index (χ0v) is 12.3. The molecule has 1 aliphatic carbocycles. The maximum Gasteiger partial charge on any atom is 0.433 e. The molecule has 3 rings (SSSR count). The number of rotatable bonds is 3. The van der Waals surface area contributed by atoms with Crippen LogP contribution >= 0.6 is 0 Å². The summed E-state index contributed by atoms with van der Waals surface area (Å²) in [5, 5.41) is 13.6. The fourth-order valence-corrected chi connectivity index (χ4v) is 2.91. The number of aliphatic hydroxyl groups is 1. The predicted octanol–water partition coefficient (Wildman–Crippen LogP) is 3.13. The van der Waals surface area contributed by atoms with E-state index >= 15 is 0 Å². The van der Waals surface area contributed by atoms with Crippen molar-refractivity contribution in [2.45, 2.75) is 31.0 Å². The first kappa shape index (κ1) is 15.7. The van der Waals surface area contributed by atoms with E-state index in [0.29, 0.717) is 6.42 Å². The SMILES string of the molecule is OC1(CNc2nccc(C(F)(F)F)n2)CCCc2ccccc21. The largest absolute Gasteiger partial charge is 0.433 e. The Bertz CT molecular complexity index is 705. The van der Waals surface area contributed by atoms with Crippen molar-refractivity contribution in [3.05, 3.63) is 53.3 Å². The zero-order chi connectivity index (χ0) is 16.5. The Balaban J connectivity index is 1.79. The molecule has 0 saturated heterocycles. The highest BCUT2D eigenvalue weighted by Crippen LogP contribution is 2.35. The van der Waals surface area contributed by atoms with Crippen LogP contribution < -0.4 is 5.32 Å². The molecule has 0 bridgehead atoms. The van der Waals surface area contributed by atoms with Crippen LogP contribution in [0.2, 0.25) is 0 Å². The minimum atomic E-state index is -4.52. The third-order valence-corrected chi connectivity index (χ3v) is 4.04. The van der Waals surface area contributed by atoms with E-state index in [4.69, 9.17) is 0 Å².